The second-order valence-corrected chi connectivity index (χ2v) is 6.04. The highest BCUT2D eigenvalue weighted by molar-refractivity contribution is 6.64. The highest BCUT2D eigenvalue weighted by Gasteiger charge is 2.02. The molecule has 0 aliphatic heterocycles. The first-order valence-electron chi connectivity index (χ1n) is 4.01. The van der Waals surface area contributed by atoms with Crippen LogP contribution in [0.3, 0.4) is 0 Å². The van der Waals surface area contributed by atoms with Gasteiger partial charge < -0.3 is 0 Å². The van der Waals surface area contributed by atoms with Gasteiger partial charge in [-0.05, 0) is 6.42 Å². The van der Waals surface area contributed by atoms with Crippen LogP contribution in [0.15, 0.2) is 30.3 Å². The standard InChI is InChI=1S/C9H13ClSi/c1-2-9(10)11-8-6-4-3-5-7-8/h3-7,9H,2,11H2,1H3. The molecule has 0 aliphatic carbocycles. The summed E-state index contributed by atoms with van der Waals surface area (Å²) in [5, 5.41) is 1.90. The Hall–Kier alpha value is -0.273. The first kappa shape index (κ1) is 8.82. The summed E-state index contributed by atoms with van der Waals surface area (Å²) < 4.78 is 0. The highest BCUT2D eigenvalue weighted by atomic mass is 35.5. The molecule has 11 heavy (non-hydrogen) atoms. The lowest BCUT2D eigenvalue weighted by molar-refractivity contribution is 1.03. The first-order valence-corrected chi connectivity index (χ1v) is 5.97. The molecule has 0 amide bonds. The summed E-state index contributed by atoms with van der Waals surface area (Å²) in [7, 11) is -0.222. The minimum atomic E-state index is -0.222. The molecule has 1 atom stereocenters. The van der Waals surface area contributed by atoms with Crippen LogP contribution in [-0.2, 0) is 0 Å². The maximum Gasteiger partial charge on any atom is 0.0752 e. The monoisotopic (exact) mass is 184 g/mol. The summed E-state index contributed by atoms with van der Waals surface area (Å²) in [6, 6.07) is 10.6. The van der Waals surface area contributed by atoms with E-state index in [2.05, 4.69) is 31.2 Å². The summed E-state index contributed by atoms with van der Waals surface area (Å²) in [5.74, 6) is 0. The third-order valence-corrected chi connectivity index (χ3v) is 4.48. The van der Waals surface area contributed by atoms with Gasteiger partial charge in [-0.1, -0.05) is 42.4 Å². The third kappa shape index (κ3) is 3.08. The second-order valence-electron chi connectivity index (χ2n) is 2.70. The van der Waals surface area contributed by atoms with E-state index in [9.17, 15) is 0 Å². The summed E-state index contributed by atoms with van der Waals surface area (Å²) in [6.45, 7) is 2.15. The molecule has 1 aromatic rings. The molecule has 2 heteroatoms. The Morgan fingerprint density at radius 2 is 2.00 bits per heavy atom. The molecule has 0 saturated carbocycles. The van der Waals surface area contributed by atoms with Gasteiger partial charge in [0, 0.05) is 5.00 Å². The Morgan fingerprint density at radius 3 is 2.55 bits per heavy atom. The van der Waals surface area contributed by atoms with Crippen LogP contribution in [0.1, 0.15) is 13.3 Å². The van der Waals surface area contributed by atoms with Gasteiger partial charge in [0.2, 0.25) is 0 Å². The third-order valence-electron chi connectivity index (χ3n) is 1.74. The predicted molar refractivity (Wildman–Crippen MR) is 54.6 cm³/mol. The fraction of sp³-hybridized carbons (Fsp3) is 0.333. The average Bonchev–Trinajstić information content (AvgIpc) is 2.06. The van der Waals surface area contributed by atoms with E-state index in [1.165, 1.54) is 5.19 Å². The normalized spacial score (nSPS) is 14.0. The van der Waals surface area contributed by atoms with Crippen molar-refractivity contribution in [3.05, 3.63) is 30.3 Å². The van der Waals surface area contributed by atoms with Crippen molar-refractivity contribution in [1.29, 1.82) is 0 Å². The Morgan fingerprint density at radius 1 is 1.36 bits per heavy atom. The van der Waals surface area contributed by atoms with Crippen LogP contribution in [0.4, 0.5) is 0 Å². The van der Waals surface area contributed by atoms with Crippen LogP contribution >= 0.6 is 11.6 Å². The van der Waals surface area contributed by atoms with E-state index in [-0.39, 0.29) is 9.52 Å². The zero-order valence-corrected chi connectivity index (χ0v) is 8.93. The number of rotatable bonds is 3. The van der Waals surface area contributed by atoms with E-state index in [4.69, 9.17) is 11.6 Å². The van der Waals surface area contributed by atoms with Crippen LogP contribution in [0.2, 0.25) is 0 Å². The molecule has 1 unspecified atom stereocenters. The van der Waals surface area contributed by atoms with Gasteiger partial charge in [0.1, 0.15) is 0 Å². The molecule has 0 heterocycles. The number of hydrogen-bond acceptors (Lipinski definition) is 0. The lowest BCUT2D eigenvalue weighted by Gasteiger charge is -2.03. The lowest BCUT2D eigenvalue weighted by atomic mass is 10.4. The summed E-state index contributed by atoms with van der Waals surface area (Å²) in [6.07, 6.45) is 1.10. The minimum absolute atomic E-state index is 0.222. The van der Waals surface area contributed by atoms with Crippen molar-refractivity contribution in [2.24, 2.45) is 0 Å². The molecule has 60 valence electrons. The molecule has 1 rings (SSSR count). The van der Waals surface area contributed by atoms with E-state index in [0.717, 1.165) is 6.42 Å². The fourth-order valence-electron chi connectivity index (χ4n) is 1.01. The summed E-state index contributed by atoms with van der Waals surface area (Å²) in [4.78, 5) is 0. The van der Waals surface area contributed by atoms with Crippen LogP contribution < -0.4 is 5.19 Å². The van der Waals surface area contributed by atoms with E-state index in [1.54, 1.807) is 0 Å². The smallest absolute Gasteiger partial charge is 0.0752 e. The topological polar surface area (TPSA) is 0 Å². The van der Waals surface area contributed by atoms with Crippen LogP contribution in [0, 0.1) is 0 Å². The summed E-state index contributed by atoms with van der Waals surface area (Å²) >= 11 is 6.06. The molecule has 1 aromatic carbocycles. The van der Waals surface area contributed by atoms with Crippen molar-refractivity contribution in [3.63, 3.8) is 0 Å². The fourth-order valence-corrected chi connectivity index (χ4v) is 2.89. The van der Waals surface area contributed by atoms with Gasteiger partial charge in [-0.2, -0.15) is 0 Å². The Bertz CT molecular complexity index is 198. The minimum Gasteiger partial charge on any atom is -0.127 e. The predicted octanol–water partition coefficient (Wildman–Crippen LogP) is 1.46. The molecule has 0 radical (unpaired) electrons. The Balaban J connectivity index is 2.51. The maximum atomic E-state index is 6.06. The van der Waals surface area contributed by atoms with Crippen LogP contribution in [-0.4, -0.2) is 14.5 Å². The van der Waals surface area contributed by atoms with Crippen molar-refractivity contribution >= 4 is 26.3 Å². The lowest BCUT2D eigenvalue weighted by Crippen LogP contribution is -2.22. The molecule has 0 aliphatic rings. The van der Waals surface area contributed by atoms with Gasteiger partial charge in [0.25, 0.3) is 0 Å². The van der Waals surface area contributed by atoms with E-state index in [1.807, 2.05) is 6.07 Å². The molecule has 0 nitrogen and oxygen atoms in total. The van der Waals surface area contributed by atoms with Gasteiger partial charge in [-0.3, -0.25) is 0 Å². The van der Waals surface area contributed by atoms with Crippen molar-refractivity contribution in [2.75, 3.05) is 0 Å². The quantitative estimate of drug-likeness (QED) is 0.493. The van der Waals surface area contributed by atoms with Gasteiger partial charge >= 0.3 is 0 Å². The molecular weight excluding hydrogens is 172 g/mol. The number of hydrogen-bond donors (Lipinski definition) is 0. The molecule has 0 saturated heterocycles. The Labute approximate surface area is 75.4 Å². The van der Waals surface area contributed by atoms with E-state index in [0.29, 0.717) is 5.00 Å². The molecule has 0 bridgehead atoms. The van der Waals surface area contributed by atoms with Gasteiger partial charge in [0.05, 0.1) is 9.52 Å². The molecule has 0 fully saturated rings. The number of alkyl halides is 1. The molecule has 0 N–H and O–H groups in total. The SMILES string of the molecule is CCC(Cl)[SiH2]c1ccccc1. The van der Waals surface area contributed by atoms with Crippen molar-refractivity contribution < 1.29 is 0 Å². The van der Waals surface area contributed by atoms with Gasteiger partial charge in [0.15, 0.2) is 0 Å². The van der Waals surface area contributed by atoms with E-state index >= 15 is 0 Å². The second kappa shape index (κ2) is 4.57. The zero-order chi connectivity index (χ0) is 8.10. The molecule has 0 aromatic heterocycles. The zero-order valence-electron chi connectivity index (χ0n) is 6.76. The van der Waals surface area contributed by atoms with Crippen molar-refractivity contribution in [3.8, 4) is 0 Å². The van der Waals surface area contributed by atoms with Crippen LogP contribution in [0.5, 0.6) is 0 Å². The largest absolute Gasteiger partial charge is 0.127 e. The number of benzene rings is 1. The Kier molecular flexibility index (Phi) is 3.67. The summed E-state index contributed by atoms with van der Waals surface area (Å²) in [5.41, 5.74) is 0. The molecular formula is C9H13ClSi. The van der Waals surface area contributed by atoms with Crippen molar-refractivity contribution in [1.82, 2.24) is 0 Å². The first-order chi connectivity index (χ1) is 5.33. The van der Waals surface area contributed by atoms with Crippen LogP contribution in [0.25, 0.3) is 0 Å². The van der Waals surface area contributed by atoms with E-state index < -0.39 is 0 Å². The van der Waals surface area contributed by atoms with Crippen molar-refractivity contribution in [2.45, 2.75) is 18.3 Å². The van der Waals surface area contributed by atoms with Gasteiger partial charge in [-0.15, -0.1) is 11.6 Å². The average molecular weight is 185 g/mol. The maximum absolute atomic E-state index is 6.06. The van der Waals surface area contributed by atoms with Gasteiger partial charge in [-0.25, -0.2) is 0 Å². The number of halogens is 1. The highest BCUT2D eigenvalue weighted by Crippen LogP contribution is 1.98. The molecule has 0 spiro atoms.